The molecular formula is C31H32N4O4. The molecule has 3 aromatic carbocycles. The van der Waals surface area contributed by atoms with Crippen LogP contribution >= 0.6 is 0 Å². The predicted molar refractivity (Wildman–Crippen MR) is 152 cm³/mol. The van der Waals surface area contributed by atoms with Gasteiger partial charge in [0.25, 0.3) is 0 Å². The summed E-state index contributed by atoms with van der Waals surface area (Å²) in [6.45, 7) is 3.95. The van der Waals surface area contributed by atoms with Gasteiger partial charge in [0.15, 0.2) is 23.0 Å². The molecule has 2 heterocycles. The minimum absolute atomic E-state index is 0.432. The van der Waals surface area contributed by atoms with Crippen molar-refractivity contribution < 1.29 is 18.9 Å². The van der Waals surface area contributed by atoms with E-state index < -0.39 is 0 Å². The van der Waals surface area contributed by atoms with Gasteiger partial charge in [0, 0.05) is 29.9 Å². The van der Waals surface area contributed by atoms with Gasteiger partial charge in [-0.3, -0.25) is 4.98 Å². The molecule has 1 aliphatic heterocycles. The zero-order valence-electron chi connectivity index (χ0n) is 22.3. The van der Waals surface area contributed by atoms with Gasteiger partial charge in [-0.05, 0) is 74.8 Å². The van der Waals surface area contributed by atoms with E-state index in [1.54, 1.807) is 20.4 Å². The van der Waals surface area contributed by atoms with Crippen molar-refractivity contribution in [2.75, 3.05) is 45.8 Å². The molecule has 0 spiro atoms. The fourth-order valence-corrected chi connectivity index (χ4v) is 4.75. The minimum Gasteiger partial charge on any atom is -0.493 e. The van der Waals surface area contributed by atoms with E-state index in [0.717, 1.165) is 24.0 Å². The Hall–Kier alpha value is -4.48. The molecule has 0 bridgehead atoms. The zero-order chi connectivity index (χ0) is 27.0. The van der Waals surface area contributed by atoms with Crippen molar-refractivity contribution in [1.29, 1.82) is 5.26 Å². The number of pyridine rings is 1. The van der Waals surface area contributed by atoms with E-state index in [-0.39, 0.29) is 0 Å². The number of ether oxygens (including phenoxy) is 4. The molecule has 4 aromatic rings. The number of nitriles is 1. The predicted octanol–water partition coefficient (Wildman–Crippen LogP) is 6.52. The highest BCUT2D eigenvalue weighted by molar-refractivity contribution is 5.97. The summed E-state index contributed by atoms with van der Waals surface area (Å²) in [5.41, 5.74) is 2.59. The van der Waals surface area contributed by atoms with Crippen molar-refractivity contribution in [3.63, 3.8) is 0 Å². The lowest BCUT2D eigenvalue weighted by Gasteiger charge is -2.17. The average molecular weight is 525 g/mol. The van der Waals surface area contributed by atoms with E-state index in [1.165, 1.54) is 25.9 Å². The number of rotatable bonds is 11. The fourth-order valence-electron chi connectivity index (χ4n) is 4.75. The van der Waals surface area contributed by atoms with E-state index >= 15 is 0 Å². The Morgan fingerprint density at radius 3 is 2.38 bits per heavy atom. The minimum atomic E-state index is 0.432. The van der Waals surface area contributed by atoms with Gasteiger partial charge in [-0.15, -0.1) is 0 Å². The molecule has 0 saturated carbocycles. The van der Waals surface area contributed by atoms with E-state index in [9.17, 15) is 5.26 Å². The van der Waals surface area contributed by atoms with Crippen molar-refractivity contribution in [2.24, 2.45) is 0 Å². The lowest BCUT2D eigenvalue weighted by molar-refractivity contribution is 0.254. The van der Waals surface area contributed by atoms with Crippen molar-refractivity contribution in [2.45, 2.75) is 19.3 Å². The molecule has 8 nitrogen and oxygen atoms in total. The van der Waals surface area contributed by atoms with Crippen LogP contribution in [0.1, 0.15) is 24.8 Å². The summed E-state index contributed by atoms with van der Waals surface area (Å²) >= 11 is 0. The Kier molecular flexibility index (Phi) is 8.29. The van der Waals surface area contributed by atoms with Crippen LogP contribution in [0.3, 0.4) is 0 Å². The lowest BCUT2D eigenvalue weighted by Crippen LogP contribution is -2.21. The third-order valence-electron chi connectivity index (χ3n) is 6.77. The number of para-hydroxylation sites is 2. The first-order valence-electron chi connectivity index (χ1n) is 13.1. The summed E-state index contributed by atoms with van der Waals surface area (Å²) < 4.78 is 23.1. The topological polar surface area (TPSA) is 88.9 Å². The number of hydrogen-bond donors (Lipinski definition) is 1. The first-order valence-corrected chi connectivity index (χ1v) is 13.1. The number of aromatic nitrogens is 1. The number of methoxy groups -OCH3 is 2. The van der Waals surface area contributed by atoms with Crippen molar-refractivity contribution in [3.05, 3.63) is 72.4 Å². The number of nitrogens with zero attached hydrogens (tertiary/aromatic N) is 3. The SMILES string of the molecule is COc1cc2ncc(C#N)c(Nc3ccc(Oc4ccccc4OC)cc3)c2cc1OCCCN1CCCC1. The lowest BCUT2D eigenvalue weighted by atomic mass is 10.1. The van der Waals surface area contributed by atoms with Crippen LogP contribution in [0.15, 0.2) is 66.9 Å². The molecule has 0 atom stereocenters. The molecule has 1 fully saturated rings. The van der Waals surface area contributed by atoms with Crippen LogP contribution in [0.2, 0.25) is 0 Å². The summed E-state index contributed by atoms with van der Waals surface area (Å²) in [6, 6.07) is 21.0. The highest BCUT2D eigenvalue weighted by atomic mass is 16.5. The van der Waals surface area contributed by atoms with Gasteiger partial charge < -0.3 is 29.2 Å². The molecule has 8 heteroatoms. The van der Waals surface area contributed by atoms with Gasteiger partial charge in [0.1, 0.15) is 11.8 Å². The maximum absolute atomic E-state index is 9.84. The van der Waals surface area contributed by atoms with Gasteiger partial charge in [0.2, 0.25) is 0 Å². The quantitative estimate of drug-likeness (QED) is 0.222. The van der Waals surface area contributed by atoms with Gasteiger partial charge in [-0.25, -0.2) is 0 Å². The third-order valence-corrected chi connectivity index (χ3v) is 6.77. The van der Waals surface area contributed by atoms with Crippen molar-refractivity contribution in [3.8, 4) is 34.8 Å². The Balaban J connectivity index is 1.36. The van der Waals surface area contributed by atoms with Crippen LogP contribution in [0.25, 0.3) is 10.9 Å². The summed E-state index contributed by atoms with van der Waals surface area (Å²) in [7, 11) is 3.23. The zero-order valence-corrected chi connectivity index (χ0v) is 22.3. The van der Waals surface area contributed by atoms with Gasteiger partial charge in [-0.1, -0.05) is 12.1 Å². The van der Waals surface area contributed by atoms with E-state index in [2.05, 4.69) is 21.3 Å². The van der Waals surface area contributed by atoms with Gasteiger partial charge >= 0.3 is 0 Å². The van der Waals surface area contributed by atoms with E-state index in [4.69, 9.17) is 18.9 Å². The van der Waals surface area contributed by atoms with Crippen LogP contribution in [-0.4, -0.2) is 50.3 Å². The van der Waals surface area contributed by atoms with Gasteiger partial charge in [-0.2, -0.15) is 5.26 Å². The van der Waals surface area contributed by atoms with Crippen molar-refractivity contribution in [1.82, 2.24) is 9.88 Å². The smallest absolute Gasteiger partial charge is 0.169 e. The molecule has 5 rings (SSSR count). The molecule has 1 N–H and O–H groups in total. The summed E-state index contributed by atoms with van der Waals surface area (Å²) in [5, 5.41) is 14.0. The fraction of sp³-hybridized carbons (Fsp3) is 0.290. The van der Waals surface area contributed by atoms with Crippen LogP contribution in [0.5, 0.6) is 28.7 Å². The Morgan fingerprint density at radius 1 is 0.923 bits per heavy atom. The normalized spacial score (nSPS) is 13.2. The summed E-state index contributed by atoms with van der Waals surface area (Å²) in [6.07, 6.45) is 5.06. The highest BCUT2D eigenvalue weighted by Crippen LogP contribution is 2.38. The molecule has 39 heavy (non-hydrogen) atoms. The molecule has 1 aliphatic rings. The van der Waals surface area contributed by atoms with Crippen LogP contribution in [-0.2, 0) is 0 Å². The number of fused-ring (bicyclic) bond motifs is 1. The second-order valence-electron chi connectivity index (χ2n) is 9.33. The molecule has 1 aromatic heterocycles. The largest absolute Gasteiger partial charge is 0.493 e. The van der Waals surface area contributed by atoms with Crippen LogP contribution in [0, 0.1) is 11.3 Å². The van der Waals surface area contributed by atoms with E-state index in [0.29, 0.717) is 52.1 Å². The van der Waals surface area contributed by atoms with Crippen LogP contribution in [0.4, 0.5) is 11.4 Å². The average Bonchev–Trinajstić information content (AvgIpc) is 3.50. The maximum atomic E-state index is 9.84. The van der Waals surface area contributed by atoms with Crippen molar-refractivity contribution >= 4 is 22.3 Å². The number of likely N-dealkylation sites (tertiary alicyclic amines) is 1. The molecule has 0 aliphatic carbocycles. The first kappa shape index (κ1) is 26.1. The molecular weight excluding hydrogens is 492 g/mol. The number of anilines is 2. The Labute approximate surface area is 228 Å². The summed E-state index contributed by atoms with van der Waals surface area (Å²) in [5.74, 6) is 3.21. The molecule has 0 radical (unpaired) electrons. The second-order valence-corrected chi connectivity index (χ2v) is 9.33. The summed E-state index contributed by atoms with van der Waals surface area (Å²) in [4.78, 5) is 6.96. The Morgan fingerprint density at radius 2 is 1.67 bits per heavy atom. The Bertz CT molecular complexity index is 1460. The standard InChI is InChI=1S/C31H32N4O4/c1-36-27-8-3-4-9-28(27)39-24-12-10-23(11-13-24)34-31-22(20-32)21-33-26-19-29(37-2)30(18-25(26)31)38-17-7-16-35-14-5-6-15-35/h3-4,8-13,18-19,21H,5-7,14-17H2,1-2H3,(H,33,34). The van der Waals surface area contributed by atoms with E-state index in [1.807, 2.05) is 60.7 Å². The molecule has 0 amide bonds. The monoisotopic (exact) mass is 524 g/mol. The number of benzene rings is 3. The van der Waals surface area contributed by atoms with Gasteiger partial charge in [0.05, 0.1) is 37.6 Å². The highest BCUT2D eigenvalue weighted by Gasteiger charge is 2.16. The third kappa shape index (κ3) is 6.16. The molecule has 200 valence electrons. The maximum Gasteiger partial charge on any atom is 0.169 e. The number of nitrogens with one attached hydrogen (secondary N) is 1. The molecule has 1 saturated heterocycles. The van der Waals surface area contributed by atoms with Crippen LogP contribution < -0.4 is 24.3 Å². The number of hydrogen-bond acceptors (Lipinski definition) is 8. The molecule has 0 unspecified atom stereocenters. The second kappa shape index (κ2) is 12.4. The first-order chi connectivity index (χ1) is 19.2.